The molecule has 2 saturated heterocycles. The van der Waals surface area contributed by atoms with E-state index in [9.17, 15) is 38.1 Å². The number of nitrogens with one attached hydrogen (secondary N) is 3. The third-order valence-corrected chi connectivity index (χ3v) is 9.02. The molecule has 2 aliphatic rings. The fraction of sp³-hybridized carbons (Fsp3) is 0.640. The molecule has 0 bridgehead atoms. The first kappa shape index (κ1) is 32.5. The maximum atomic E-state index is 13.2. The smallest absolute Gasteiger partial charge is 0.322 e. The Morgan fingerprint density at radius 2 is 1.80 bits per heavy atom. The number of carbonyl (C=O) groups is 3. The summed E-state index contributed by atoms with van der Waals surface area (Å²) in [5.41, 5.74) is -0.205. The van der Waals surface area contributed by atoms with Crippen molar-refractivity contribution in [3.63, 3.8) is 0 Å². The van der Waals surface area contributed by atoms with Gasteiger partial charge in [-0.1, -0.05) is 13.8 Å². The highest BCUT2D eigenvalue weighted by molar-refractivity contribution is 7.91. The number of carbonyl (C=O) groups excluding carboxylic acids is 2. The number of sulfone groups is 1. The van der Waals surface area contributed by atoms with E-state index in [-0.39, 0.29) is 33.7 Å². The Balaban J connectivity index is 1.92. The topological polar surface area (TPSA) is 224 Å². The first-order chi connectivity index (χ1) is 19.3. The number of aliphatic hydroxyl groups is 3. The highest BCUT2D eigenvalue weighted by Crippen LogP contribution is 2.34. The molecule has 15 nitrogen and oxygen atoms in total. The summed E-state index contributed by atoms with van der Waals surface area (Å²) in [5.74, 6) is -3.34. The molecule has 1 aromatic rings. The number of amides is 2. The minimum Gasteiger partial charge on any atom is -0.496 e. The van der Waals surface area contributed by atoms with Crippen LogP contribution in [0.4, 0.5) is 5.69 Å². The molecule has 1 aromatic carbocycles. The number of likely N-dealkylation sites (N-methyl/N-ethyl adjacent to an activating group) is 1. The van der Waals surface area contributed by atoms with Crippen molar-refractivity contribution in [1.29, 1.82) is 0 Å². The van der Waals surface area contributed by atoms with Crippen molar-refractivity contribution in [2.24, 2.45) is 0 Å². The van der Waals surface area contributed by atoms with Gasteiger partial charge in [0.2, 0.25) is 0 Å². The van der Waals surface area contributed by atoms with Crippen LogP contribution in [0.15, 0.2) is 17.0 Å². The second-order valence-electron chi connectivity index (χ2n) is 9.79. The van der Waals surface area contributed by atoms with Crippen molar-refractivity contribution in [2.75, 3.05) is 44.4 Å². The van der Waals surface area contributed by atoms with Gasteiger partial charge in [0.05, 0.1) is 29.0 Å². The van der Waals surface area contributed by atoms with Gasteiger partial charge in [-0.25, -0.2) is 8.42 Å². The lowest BCUT2D eigenvalue weighted by molar-refractivity contribution is -0.214. The van der Waals surface area contributed by atoms with Gasteiger partial charge in [-0.05, 0) is 32.0 Å². The quantitative estimate of drug-likeness (QED) is 0.139. The van der Waals surface area contributed by atoms with Crippen molar-refractivity contribution in [1.82, 2.24) is 15.5 Å². The predicted octanol–water partition coefficient (Wildman–Crippen LogP) is -1.88. The number of carboxylic acid groups (broad SMARTS) is 1. The molecule has 0 spiro atoms. The number of methoxy groups -OCH3 is 1. The van der Waals surface area contributed by atoms with E-state index in [1.807, 2.05) is 12.2 Å². The molecule has 41 heavy (non-hydrogen) atoms. The number of benzene rings is 1. The lowest BCUT2D eigenvalue weighted by Gasteiger charge is -2.40. The maximum absolute atomic E-state index is 13.2. The molecular weight excluding hydrogens is 564 g/mol. The van der Waals surface area contributed by atoms with Crippen LogP contribution < -0.4 is 20.7 Å². The number of rotatable bonds is 12. The summed E-state index contributed by atoms with van der Waals surface area (Å²) in [6, 6.07) is 2.51. The Morgan fingerprint density at radius 1 is 1.10 bits per heavy atom. The second-order valence-corrected chi connectivity index (χ2v) is 12.0. The highest BCUT2D eigenvalue weighted by Gasteiger charge is 2.47. The summed E-state index contributed by atoms with van der Waals surface area (Å²) >= 11 is 0. The standard InChI is InChI=1S/C25H38N4O11S/c1-4-29-8-6-7-13(29)11-26-23(35)14-9-17(41(37,38)5-2)15(10-16(14)39-3)28-25-21(34)19(32)20(33)22(40-25)24(36)27-12-18(30)31/h9-10,13,19-22,25,28,32-34H,4-8,11-12H2,1-3H3,(H,26,35)(H,27,36)(H,30,31). The molecule has 0 saturated carbocycles. The molecule has 0 aliphatic carbocycles. The van der Waals surface area contributed by atoms with Crippen LogP contribution in [-0.2, 0) is 24.2 Å². The maximum Gasteiger partial charge on any atom is 0.322 e. The summed E-state index contributed by atoms with van der Waals surface area (Å²) in [5, 5.41) is 47.5. The van der Waals surface area contributed by atoms with Gasteiger partial charge in [-0.15, -0.1) is 0 Å². The number of likely N-dealkylation sites (tertiary alicyclic amines) is 1. The normalized spacial score (nSPS) is 26.8. The van der Waals surface area contributed by atoms with Crippen LogP contribution in [0.3, 0.4) is 0 Å². The van der Waals surface area contributed by atoms with Gasteiger partial charge >= 0.3 is 5.97 Å². The van der Waals surface area contributed by atoms with Gasteiger partial charge in [0, 0.05) is 18.7 Å². The van der Waals surface area contributed by atoms with Crippen molar-refractivity contribution < 1.29 is 52.7 Å². The summed E-state index contributed by atoms with van der Waals surface area (Å²) in [7, 11) is -2.71. The summed E-state index contributed by atoms with van der Waals surface area (Å²) in [6.07, 6.45) is -7.18. The summed E-state index contributed by atoms with van der Waals surface area (Å²) in [6.45, 7) is 4.78. The number of carboxylic acids is 1. The molecule has 7 N–H and O–H groups in total. The molecule has 0 aromatic heterocycles. The van der Waals surface area contributed by atoms with Crippen molar-refractivity contribution in [2.45, 2.75) is 68.3 Å². The first-order valence-corrected chi connectivity index (χ1v) is 14.9. The molecule has 2 heterocycles. The number of anilines is 1. The number of ether oxygens (including phenoxy) is 2. The zero-order chi connectivity index (χ0) is 30.5. The van der Waals surface area contributed by atoms with E-state index in [1.54, 1.807) is 0 Å². The molecule has 0 radical (unpaired) electrons. The molecule has 2 amide bonds. The van der Waals surface area contributed by atoms with E-state index >= 15 is 0 Å². The van der Waals surface area contributed by atoms with Crippen LogP contribution in [0.5, 0.6) is 5.75 Å². The van der Waals surface area contributed by atoms with Crippen LogP contribution >= 0.6 is 0 Å². The largest absolute Gasteiger partial charge is 0.496 e. The molecular formula is C25H38N4O11S. The molecule has 6 atom stereocenters. The van der Waals surface area contributed by atoms with E-state index in [4.69, 9.17) is 14.6 Å². The second kappa shape index (κ2) is 13.8. The lowest BCUT2D eigenvalue weighted by atomic mass is 9.97. The van der Waals surface area contributed by atoms with Crippen LogP contribution in [0.2, 0.25) is 0 Å². The van der Waals surface area contributed by atoms with Crippen LogP contribution in [-0.4, -0.2) is 127 Å². The predicted molar refractivity (Wildman–Crippen MR) is 144 cm³/mol. The van der Waals surface area contributed by atoms with E-state index in [2.05, 4.69) is 15.5 Å². The fourth-order valence-electron chi connectivity index (χ4n) is 4.91. The van der Waals surface area contributed by atoms with Crippen LogP contribution in [0, 0.1) is 0 Å². The average molecular weight is 603 g/mol. The zero-order valence-electron chi connectivity index (χ0n) is 23.1. The van der Waals surface area contributed by atoms with Gasteiger partial charge in [-0.2, -0.15) is 0 Å². The van der Waals surface area contributed by atoms with Crippen molar-refractivity contribution in [3.8, 4) is 5.75 Å². The van der Waals surface area contributed by atoms with E-state index < -0.39 is 64.8 Å². The summed E-state index contributed by atoms with van der Waals surface area (Å²) in [4.78, 5) is 38.3. The number of nitrogens with zero attached hydrogens (tertiary/aromatic N) is 1. The molecule has 230 valence electrons. The van der Waals surface area contributed by atoms with Crippen LogP contribution in [0.25, 0.3) is 0 Å². The molecule has 3 rings (SSSR count). The number of aliphatic hydroxyl groups excluding tert-OH is 3. The molecule has 2 fully saturated rings. The third kappa shape index (κ3) is 7.44. The van der Waals surface area contributed by atoms with Crippen molar-refractivity contribution in [3.05, 3.63) is 17.7 Å². The molecule has 16 heteroatoms. The Kier molecular flexibility index (Phi) is 10.9. The Labute approximate surface area is 237 Å². The molecule has 6 unspecified atom stereocenters. The lowest BCUT2D eigenvalue weighted by Crippen LogP contribution is -2.63. The Morgan fingerprint density at radius 3 is 2.41 bits per heavy atom. The molecule has 2 aliphatic heterocycles. The van der Waals surface area contributed by atoms with Gasteiger partial charge in [0.1, 0.15) is 30.6 Å². The zero-order valence-corrected chi connectivity index (χ0v) is 23.9. The highest BCUT2D eigenvalue weighted by atomic mass is 32.2. The van der Waals surface area contributed by atoms with Gasteiger partial charge in [0.25, 0.3) is 11.8 Å². The van der Waals surface area contributed by atoms with E-state index in [1.165, 1.54) is 20.1 Å². The van der Waals surface area contributed by atoms with Gasteiger partial charge in [0.15, 0.2) is 22.2 Å². The number of hydrogen-bond donors (Lipinski definition) is 7. The minimum atomic E-state index is -3.99. The van der Waals surface area contributed by atoms with Gasteiger partial charge < -0.3 is 45.9 Å². The minimum absolute atomic E-state index is 0.000423. The third-order valence-electron chi connectivity index (χ3n) is 7.25. The van der Waals surface area contributed by atoms with Crippen molar-refractivity contribution >= 4 is 33.3 Å². The Hall–Kier alpha value is -3.02. The monoisotopic (exact) mass is 602 g/mol. The Bertz CT molecular complexity index is 1230. The van der Waals surface area contributed by atoms with Gasteiger partial charge in [-0.3, -0.25) is 19.3 Å². The van der Waals surface area contributed by atoms with E-state index in [0.717, 1.165) is 32.0 Å². The van der Waals surface area contributed by atoms with E-state index in [0.29, 0.717) is 6.54 Å². The van der Waals surface area contributed by atoms with Crippen LogP contribution in [0.1, 0.15) is 37.0 Å². The first-order valence-electron chi connectivity index (χ1n) is 13.3. The SMILES string of the molecule is CCN1CCCC1CNC(=O)c1cc(S(=O)(=O)CC)c(NC2OC(C(=O)NCC(=O)O)C(O)C(O)C2O)cc1OC. The summed E-state index contributed by atoms with van der Waals surface area (Å²) < 4.78 is 37.0. The number of aliphatic carboxylic acids is 1. The number of hydrogen-bond acceptors (Lipinski definition) is 12. The fourth-order valence-corrected chi connectivity index (χ4v) is 5.97. The average Bonchev–Trinajstić information content (AvgIpc) is 3.42.